The number of benzene rings is 8. The van der Waals surface area contributed by atoms with E-state index in [0.717, 1.165) is 105 Å². The monoisotopic (exact) mass is 805 g/mol. The van der Waals surface area contributed by atoms with Crippen LogP contribution in [0.5, 0.6) is 0 Å². The second-order valence-corrected chi connectivity index (χ2v) is 16.1. The second kappa shape index (κ2) is 14.0. The third-order valence-corrected chi connectivity index (χ3v) is 12.4. The molecule has 6 nitrogen and oxygen atoms in total. The summed E-state index contributed by atoms with van der Waals surface area (Å²) < 4.78 is 10.7. The first-order valence-corrected chi connectivity index (χ1v) is 21.2. The van der Waals surface area contributed by atoms with Crippen molar-refractivity contribution in [2.24, 2.45) is 0 Å². The number of hydrogen-bond acceptors (Lipinski definition) is 4. The highest BCUT2D eigenvalue weighted by molar-refractivity contribution is 6.12. The molecule has 0 fully saturated rings. The van der Waals surface area contributed by atoms with Gasteiger partial charge >= 0.3 is 0 Å². The van der Waals surface area contributed by atoms with Gasteiger partial charge in [-0.05, 0) is 101 Å². The zero-order valence-electron chi connectivity index (χ0n) is 33.9. The Bertz CT molecular complexity index is 3860. The predicted molar refractivity (Wildman–Crippen MR) is 258 cm³/mol. The maximum absolute atomic E-state index is 6.12. The molecule has 294 valence electrons. The number of aromatic nitrogens is 5. The Balaban J connectivity index is 0.920. The van der Waals surface area contributed by atoms with E-state index in [4.69, 9.17) is 14.4 Å². The molecule has 0 aliphatic carbocycles. The molecule has 5 heterocycles. The summed E-state index contributed by atoms with van der Waals surface area (Å²) in [5.74, 6) is 0.639. The Labute approximate surface area is 361 Å². The largest absolute Gasteiger partial charge is 0.454 e. The quantitative estimate of drug-likeness (QED) is 0.168. The normalized spacial score (nSPS) is 11.8. The van der Waals surface area contributed by atoms with Gasteiger partial charge in [0.25, 0.3) is 0 Å². The van der Waals surface area contributed by atoms with E-state index in [2.05, 4.69) is 196 Å². The highest BCUT2D eigenvalue weighted by atomic mass is 16.3. The zero-order chi connectivity index (χ0) is 41.4. The first-order chi connectivity index (χ1) is 31.2. The van der Waals surface area contributed by atoms with Crippen LogP contribution in [0, 0.1) is 0 Å². The molecule has 8 aromatic carbocycles. The van der Waals surface area contributed by atoms with Crippen molar-refractivity contribution in [1.29, 1.82) is 0 Å². The third-order valence-electron chi connectivity index (χ3n) is 12.4. The van der Waals surface area contributed by atoms with Crippen LogP contribution >= 0.6 is 0 Å². The highest BCUT2D eigenvalue weighted by Crippen LogP contribution is 2.39. The number of fused-ring (bicyclic) bond motifs is 9. The molecular formula is C57H35N5O. The minimum Gasteiger partial charge on any atom is -0.454 e. The van der Waals surface area contributed by atoms with Crippen LogP contribution in [0.2, 0.25) is 0 Å². The summed E-state index contributed by atoms with van der Waals surface area (Å²) in [6.07, 6.45) is 1.82. The minimum absolute atomic E-state index is 0.639. The fourth-order valence-corrected chi connectivity index (χ4v) is 9.45. The predicted octanol–water partition coefficient (Wildman–Crippen LogP) is 14.6. The first kappa shape index (κ1) is 35.2. The Kier molecular flexibility index (Phi) is 7.80. The molecule has 13 aromatic rings. The lowest BCUT2D eigenvalue weighted by Gasteiger charge is -2.12. The molecule has 0 amide bonds. The molecule has 0 saturated heterocycles. The van der Waals surface area contributed by atoms with Crippen LogP contribution in [-0.2, 0) is 0 Å². The van der Waals surface area contributed by atoms with Crippen molar-refractivity contribution in [3.05, 3.63) is 212 Å². The van der Waals surface area contributed by atoms with Crippen LogP contribution in [0.4, 0.5) is 0 Å². The molecule has 0 N–H and O–H groups in total. The van der Waals surface area contributed by atoms with Crippen molar-refractivity contribution < 1.29 is 4.42 Å². The van der Waals surface area contributed by atoms with E-state index in [1.165, 1.54) is 10.8 Å². The molecule has 0 aliphatic rings. The molecule has 0 aliphatic heterocycles. The van der Waals surface area contributed by atoms with Crippen LogP contribution < -0.4 is 0 Å². The number of pyridine rings is 1. The smallest absolute Gasteiger partial charge is 0.235 e. The van der Waals surface area contributed by atoms with E-state index >= 15 is 0 Å². The molecule has 63 heavy (non-hydrogen) atoms. The lowest BCUT2D eigenvalue weighted by atomic mass is 9.97. The Hall–Kier alpha value is -8.61. The SMILES string of the molecule is c1ccc(-c2cc(-c3ccccc3)nc(-n3c4ccccc4c4cc(-c5cccc(-c6ccc7c(c6)c6ccccc6n7-c6ccc7oc8cccnc8c7c6)c5)ccc43)n2)cc1. The summed E-state index contributed by atoms with van der Waals surface area (Å²) >= 11 is 0. The highest BCUT2D eigenvalue weighted by Gasteiger charge is 2.19. The molecule has 0 atom stereocenters. The standard InChI is InChI=1S/C57H35N5O/c1-3-13-36(14-4-1)48-35-49(37-15-5-2-6-16-37)60-57(59-48)62-51-22-10-8-20-44(51)46-33-41(25-28-53(46)62)39-18-11-17-38(31-39)40-24-27-52-45(32-40)43-19-7-9-21-50(43)61(52)42-26-29-54-47(34-42)56-55(63-54)23-12-30-58-56/h1-35H. The van der Waals surface area contributed by atoms with Gasteiger partial charge in [-0.3, -0.25) is 9.55 Å². The Morgan fingerprint density at radius 1 is 0.333 bits per heavy atom. The Morgan fingerprint density at radius 3 is 1.52 bits per heavy atom. The molecular weight excluding hydrogens is 771 g/mol. The molecule has 0 spiro atoms. The van der Waals surface area contributed by atoms with Gasteiger partial charge in [0, 0.05) is 49.9 Å². The number of furan rings is 1. The summed E-state index contributed by atoms with van der Waals surface area (Å²) in [5, 5.41) is 5.71. The average molecular weight is 806 g/mol. The maximum atomic E-state index is 6.12. The van der Waals surface area contributed by atoms with Crippen molar-refractivity contribution in [2.75, 3.05) is 0 Å². The van der Waals surface area contributed by atoms with Crippen LogP contribution in [0.3, 0.4) is 0 Å². The Morgan fingerprint density at radius 2 is 0.873 bits per heavy atom. The summed E-state index contributed by atoms with van der Waals surface area (Å²) in [6, 6.07) is 72.8. The van der Waals surface area contributed by atoms with Crippen molar-refractivity contribution in [2.45, 2.75) is 0 Å². The maximum Gasteiger partial charge on any atom is 0.235 e. The fraction of sp³-hybridized carbons (Fsp3) is 0. The van der Waals surface area contributed by atoms with Crippen LogP contribution in [0.15, 0.2) is 217 Å². The lowest BCUT2D eigenvalue weighted by Crippen LogP contribution is -2.03. The van der Waals surface area contributed by atoms with Gasteiger partial charge in [-0.1, -0.05) is 127 Å². The number of nitrogens with zero attached hydrogens (tertiary/aromatic N) is 5. The minimum atomic E-state index is 0.639. The first-order valence-electron chi connectivity index (χ1n) is 21.2. The van der Waals surface area contributed by atoms with Gasteiger partial charge in [0.1, 0.15) is 11.1 Å². The summed E-state index contributed by atoms with van der Waals surface area (Å²) in [5.41, 5.74) is 16.5. The zero-order valence-corrected chi connectivity index (χ0v) is 33.9. The summed E-state index contributed by atoms with van der Waals surface area (Å²) in [7, 11) is 0. The summed E-state index contributed by atoms with van der Waals surface area (Å²) in [4.78, 5) is 15.1. The van der Waals surface area contributed by atoms with E-state index in [1.54, 1.807) is 0 Å². The third kappa shape index (κ3) is 5.69. The van der Waals surface area contributed by atoms with Gasteiger partial charge in [0.15, 0.2) is 5.58 Å². The molecule has 13 rings (SSSR count). The molecule has 6 heteroatoms. The van der Waals surface area contributed by atoms with Crippen molar-refractivity contribution in [3.8, 4) is 56.4 Å². The van der Waals surface area contributed by atoms with E-state index in [-0.39, 0.29) is 0 Å². The van der Waals surface area contributed by atoms with Crippen molar-refractivity contribution in [3.63, 3.8) is 0 Å². The summed E-state index contributed by atoms with van der Waals surface area (Å²) in [6.45, 7) is 0. The molecule has 0 bridgehead atoms. The van der Waals surface area contributed by atoms with Gasteiger partial charge in [0.2, 0.25) is 5.95 Å². The van der Waals surface area contributed by atoms with Gasteiger partial charge in [0.05, 0.1) is 33.5 Å². The van der Waals surface area contributed by atoms with Gasteiger partial charge in [-0.25, -0.2) is 9.97 Å². The van der Waals surface area contributed by atoms with Gasteiger partial charge < -0.3 is 8.98 Å². The molecule has 0 radical (unpaired) electrons. The molecule has 5 aromatic heterocycles. The number of para-hydroxylation sites is 2. The van der Waals surface area contributed by atoms with Gasteiger partial charge in [-0.15, -0.1) is 0 Å². The van der Waals surface area contributed by atoms with Crippen LogP contribution in [0.25, 0.3) is 122 Å². The van der Waals surface area contributed by atoms with Crippen LogP contribution in [0.1, 0.15) is 0 Å². The number of rotatable bonds is 6. The topological polar surface area (TPSA) is 61.7 Å². The van der Waals surface area contributed by atoms with E-state index in [0.29, 0.717) is 5.95 Å². The molecule has 0 unspecified atom stereocenters. The molecule has 0 saturated carbocycles. The van der Waals surface area contributed by atoms with Crippen molar-refractivity contribution >= 4 is 65.7 Å². The number of hydrogen-bond donors (Lipinski definition) is 0. The average Bonchev–Trinajstić information content (AvgIpc) is 4.01. The van der Waals surface area contributed by atoms with E-state index in [9.17, 15) is 0 Å². The van der Waals surface area contributed by atoms with E-state index in [1.807, 2.05) is 30.5 Å². The van der Waals surface area contributed by atoms with Crippen molar-refractivity contribution in [1.82, 2.24) is 24.1 Å². The van der Waals surface area contributed by atoms with E-state index < -0.39 is 0 Å². The lowest BCUT2D eigenvalue weighted by molar-refractivity contribution is 0.668. The van der Waals surface area contributed by atoms with Crippen LogP contribution in [-0.4, -0.2) is 24.1 Å². The van der Waals surface area contributed by atoms with Gasteiger partial charge in [-0.2, -0.15) is 0 Å². The second-order valence-electron chi connectivity index (χ2n) is 16.1. The fourth-order valence-electron chi connectivity index (χ4n) is 9.45.